The van der Waals surface area contributed by atoms with Crippen molar-refractivity contribution in [2.24, 2.45) is 16.6 Å². The van der Waals surface area contributed by atoms with E-state index >= 15 is 0 Å². The normalized spacial score (nSPS) is 12.2. The molecule has 0 saturated carbocycles. The molecule has 0 aliphatic heterocycles. The van der Waals surface area contributed by atoms with Crippen LogP contribution in [0.3, 0.4) is 0 Å². The minimum absolute atomic E-state index is 0.158. The van der Waals surface area contributed by atoms with Crippen LogP contribution in [-0.4, -0.2) is 56.7 Å². The van der Waals surface area contributed by atoms with Gasteiger partial charge in [-0.1, -0.05) is 12.1 Å². The first-order valence-electron chi connectivity index (χ1n) is 10.7. The third kappa shape index (κ3) is 10.1. The monoisotopic (exact) mass is 577 g/mol. The first-order valence-corrected chi connectivity index (χ1v) is 12.2. The lowest BCUT2D eigenvalue weighted by molar-refractivity contribution is -0.384. The molecule has 0 aliphatic rings. The Kier molecular flexibility index (Phi) is 10.6. The van der Waals surface area contributed by atoms with E-state index in [1.165, 1.54) is 24.3 Å². The van der Waals surface area contributed by atoms with Crippen LogP contribution in [0.15, 0.2) is 58.6 Å². The van der Waals surface area contributed by atoms with E-state index in [9.17, 15) is 41.3 Å². The Labute approximate surface area is 218 Å². The van der Waals surface area contributed by atoms with E-state index in [2.05, 4.69) is 9.89 Å². The number of nitrogens with two attached hydrogens (primary N) is 2. The zero-order chi connectivity index (χ0) is 29.2. The molecule has 0 aromatic heterocycles. The molecule has 18 heteroatoms. The maximum absolute atomic E-state index is 12.7. The molecule has 2 aromatic rings. The quantitative estimate of drug-likeness (QED) is 0.0582. The number of guanidine groups is 1. The van der Waals surface area contributed by atoms with Gasteiger partial charge in [-0.25, -0.2) is 18.0 Å². The van der Waals surface area contributed by atoms with Crippen LogP contribution in [0.1, 0.15) is 12.0 Å². The summed E-state index contributed by atoms with van der Waals surface area (Å²) in [5.41, 5.74) is 10.0. The van der Waals surface area contributed by atoms with Crippen LogP contribution in [0, 0.1) is 10.1 Å². The van der Waals surface area contributed by atoms with Crippen LogP contribution >= 0.6 is 0 Å². The van der Waals surface area contributed by atoms with Crippen molar-refractivity contribution in [3.8, 4) is 5.75 Å². The van der Waals surface area contributed by atoms with Crippen molar-refractivity contribution < 1.29 is 50.4 Å². The second-order valence-electron chi connectivity index (χ2n) is 7.53. The van der Waals surface area contributed by atoms with Crippen LogP contribution in [0.25, 0.3) is 0 Å². The van der Waals surface area contributed by atoms with Gasteiger partial charge in [0.05, 0.1) is 16.4 Å². The fraction of sp³-hybridized carbons (Fsp3) is 0.286. The number of hydrogen-bond donors (Lipinski definition) is 3. The van der Waals surface area contributed by atoms with Gasteiger partial charge in [-0.05, 0) is 41.4 Å². The molecule has 1 atom stereocenters. The number of ether oxygens (including phenoxy) is 2. The van der Waals surface area contributed by atoms with Gasteiger partial charge in [0.2, 0.25) is 16.0 Å². The summed E-state index contributed by atoms with van der Waals surface area (Å²) in [6.07, 6.45) is -5.63. The summed E-state index contributed by atoms with van der Waals surface area (Å²) < 4.78 is 74.4. The molecule has 5 N–H and O–H groups in total. The summed E-state index contributed by atoms with van der Waals surface area (Å²) in [4.78, 5) is 37.8. The van der Waals surface area contributed by atoms with Crippen molar-refractivity contribution in [3.63, 3.8) is 0 Å². The molecule has 0 bridgehead atoms. The van der Waals surface area contributed by atoms with Crippen molar-refractivity contribution in [1.82, 2.24) is 4.72 Å². The van der Waals surface area contributed by atoms with Crippen molar-refractivity contribution in [2.75, 3.05) is 13.2 Å². The average Bonchev–Trinajstić information content (AvgIpc) is 2.85. The molecule has 0 unspecified atom stereocenters. The summed E-state index contributed by atoms with van der Waals surface area (Å²) in [6, 6.07) is 7.18. The number of rotatable bonds is 13. The van der Waals surface area contributed by atoms with Crippen molar-refractivity contribution in [3.05, 3.63) is 64.2 Å². The highest BCUT2D eigenvalue weighted by Crippen LogP contribution is 2.20. The first-order chi connectivity index (χ1) is 18.2. The molecule has 2 rings (SSSR count). The number of non-ortho nitro benzene ring substituents is 1. The van der Waals surface area contributed by atoms with Gasteiger partial charge in [-0.2, -0.15) is 17.9 Å². The number of nitrogens with one attached hydrogen (secondary N) is 1. The van der Waals surface area contributed by atoms with Gasteiger partial charge in [0.1, 0.15) is 18.4 Å². The molecular formula is C21H22F3N5O9S. The molecule has 0 fully saturated rings. The Morgan fingerprint density at radius 3 is 2.21 bits per heavy atom. The van der Waals surface area contributed by atoms with Crippen molar-refractivity contribution >= 4 is 33.6 Å². The average molecular weight is 577 g/mol. The number of halogens is 3. The van der Waals surface area contributed by atoms with E-state index in [1.807, 2.05) is 4.72 Å². The summed E-state index contributed by atoms with van der Waals surface area (Å²) in [7, 11) is -4.60. The number of nitro groups is 1. The van der Waals surface area contributed by atoms with E-state index < -0.39 is 56.1 Å². The van der Waals surface area contributed by atoms with Crippen LogP contribution in [0.5, 0.6) is 5.75 Å². The number of sulfonamides is 1. The number of hydrogen-bond acceptors (Lipinski definition) is 10. The van der Waals surface area contributed by atoms with Crippen LogP contribution < -0.4 is 20.9 Å². The second kappa shape index (κ2) is 13.4. The largest absolute Gasteiger partial charge is 0.493 e. The maximum atomic E-state index is 12.7. The highest BCUT2D eigenvalue weighted by molar-refractivity contribution is 7.89. The number of oxime groups is 1. The lowest BCUT2D eigenvalue weighted by atomic mass is 10.1. The first kappa shape index (κ1) is 30.8. The molecule has 0 spiro atoms. The van der Waals surface area contributed by atoms with Crippen LogP contribution in [0.2, 0.25) is 0 Å². The zero-order valence-electron chi connectivity index (χ0n) is 19.8. The number of nitrogens with zero attached hydrogens (tertiary/aromatic N) is 2. The minimum Gasteiger partial charge on any atom is -0.493 e. The number of benzene rings is 2. The van der Waals surface area contributed by atoms with Crippen molar-refractivity contribution in [2.45, 2.75) is 30.0 Å². The van der Waals surface area contributed by atoms with Gasteiger partial charge in [0, 0.05) is 18.6 Å². The van der Waals surface area contributed by atoms with Gasteiger partial charge in [0.25, 0.3) is 5.69 Å². The molecule has 0 heterocycles. The number of alkyl halides is 3. The molecule has 0 aliphatic carbocycles. The third-order valence-electron chi connectivity index (χ3n) is 4.55. The second-order valence-corrected chi connectivity index (χ2v) is 9.24. The predicted octanol–water partition coefficient (Wildman–Crippen LogP) is 1.09. The standard InChI is InChI=1S/C21H22F3N5O9S/c22-21(23,24)19(31)38-18(30)17(28-39(34,35)16-8-4-14(5-9-16)29(32)33)12-13-2-6-15(7-3-13)36-10-1-11-37-27-20(25)26/h2-9,17,28H,1,10-12H2,(H4,25,26,27)/t17-/m0/s1. The van der Waals surface area contributed by atoms with E-state index in [0.29, 0.717) is 12.2 Å². The molecule has 212 valence electrons. The molecule has 0 saturated heterocycles. The lowest BCUT2D eigenvalue weighted by Gasteiger charge is -2.18. The Balaban J connectivity index is 2.15. The van der Waals surface area contributed by atoms with Gasteiger partial charge in [-0.3, -0.25) is 10.1 Å². The Hall–Kier alpha value is -4.45. The Bertz CT molecular complexity index is 1300. The van der Waals surface area contributed by atoms with Gasteiger partial charge < -0.3 is 25.8 Å². The fourth-order valence-electron chi connectivity index (χ4n) is 2.79. The summed E-state index contributed by atoms with van der Waals surface area (Å²) >= 11 is 0. The van der Waals surface area contributed by atoms with E-state index in [1.54, 1.807) is 0 Å². The fourth-order valence-corrected chi connectivity index (χ4v) is 3.97. The van der Waals surface area contributed by atoms with E-state index in [-0.39, 0.29) is 24.7 Å². The summed E-state index contributed by atoms with van der Waals surface area (Å²) in [5, 5.41) is 14.1. The topological polar surface area (TPSA) is 216 Å². The molecule has 14 nitrogen and oxygen atoms in total. The molecular weight excluding hydrogens is 555 g/mol. The molecule has 0 radical (unpaired) electrons. The molecule has 2 aromatic carbocycles. The number of carbonyl (C=O) groups is 2. The van der Waals surface area contributed by atoms with E-state index in [0.717, 1.165) is 24.3 Å². The van der Waals surface area contributed by atoms with Gasteiger partial charge in [0.15, 0.2) is 0 Å². The molecule has 39 heavy (non-hydrogen) atoms. The van der Waals surface area contributed by atoms with Crippen LogP contribution in [0.4, 0.5) is 18.9 Å². The van der Waals surface area contributed by atoms with Gasteiger partial charge in [-0.15, -0.1) is 0 Å². The highest BCUT2D eigenvalue weighted by Gasteiger charge is 2.43. The Morgan fingerprint density at radius 2 is 1.67 bits per heavy atom. The third-order valence-corrected chi connectivity index (χ3v) is 6.03. The molecule has 0 amide bonds. The minimum atomic E-state index is -5.51. The van der Waals surface area contributed by atoms with E-state index in [4.69, 9.17) is 21.0 Å². The highest BCUT2D eigenvalue weighted by atomic mass is 32.2. The van der Waals surface area contributed by atoms with Crippen molar-refractivity contribution in [1.29, 1.82) is 0 Å². The zero-order valence-corrected chi connectivity index (χ0v) is 20.6. The smallest absolute Gasteiger partial charge is 0.491 e. The lowest BCUT2D eigenvalue weighted by Crippen LogP contribution is -2.45. The summed E-state index contributed by atoms with van der Waals surface area (Å²) in [5.74, 6) is -4.53. The maximum Gasteiger partial charge on any atom is 0.491 e. The number of carbonyl (C=O) groups excluding carboxylic acids is 2. The van der Waals surface area contributed by atoms with Crippen LogP contribution in [-0.2, 0) is 35.6 Å². The number of nitro benzene ring substituents is 1. The Morgan fingerprint density at radius 1 is 1.05 bits per heavy atom. The van der Waals surface area contributed by atoms with Gasteiger partial charge >= 0.3 is 18.1 Å². The predicted molar refractivity (Wildman–Crippen MR) is 126 cm³/mol. The SMILES string of the molecule is NC(N)=NOCCCOc1ccc(C[C@H](NS(=O)(=O)c2ccc([N+](=O)[O-])cc2)C(=O)OC(=O)C(F)(F)F)cc1. The summed E-state index contributed by atoms with van der Waals surface area (Å²) in [6.45, 7) is 0.355. The number of esters is 2.